The monoisotopic (exact) mass is 187 g/mol. The van der Waals surface area contributed by atoms with Crippen molar-refractivity contribution in [2.45, 2.75) is 27.2 Å². The van der Waals surface area contributed by atoms with E-state index < -0.39 is 0 Å². The van der Waals surface area contributed by atoms with Gasteiger partial charge in [0.2, 0.25) is 0 Å². The minimum Gasteiger partial charge on any atom is -0.374 e. The smallest absolute Gasteiger partial charge is 0.0266 e. The van der Waals surface area contributed by atoms with Gasteiger partial charge in [0.25, 0.3) is 0 Å². The number of nitrogens with zero attached hydrogens (tertiary/aromatic N) is 1. The minimum absolute atomic E-state index is 1.10. The van der Waals surface area contributed by atoms with E-state index in [1.807, 2.05) is 25.6 Å². The highest BCUT2D eigenvalue weighted by molar-refractivity contribution is 7.99. The van der Waals surface area contributed by atoms with Crippen LogP contribution in [0.2, 0.25) is 0 Å². The molecular formula is C10H21NS. The van der Waals surface area contributed by atoms with Crippen molar-refractivity contribution in [1.29, 1.82) is 0 Å². The average molecular weight is 187 g/mol. The highest BCUT2D eigenvalue weighted by Gasteiger charge is 2.09. The third-order valence-corrected chi connectivity index (χ3v) is 2.81. The van der Waals surface area contributed by atoms with Crippen molar-refractivity contribution in [3.05, 3.63) is 12.3 Å². The van der Waals surface area contributed by atoms with E-state index in [2.05, 4.69) is 18.4 Å². The van der Waals surface area contributed by atoms with Crippen LogP contribution in [0.1, 0.15) is 27.2 Å². The van der Waals surface area contributed by atoms with Crippen LogP contribution in [0.3, 0.4) is 0 Å². The second kappa shape index (κ2) is 7.53. The molecule has 0 aromatic heterocycles. The largest absolute Gasteiger partial charge is 0.374 e. The lowest BCUT2D eigenvalue weighted by atomic mass is 10.3. The maximum atomic E-state index is 4.01. The summed E-state index contributed by atoms with van der Waals surface area (Å²) in [6.45, 7) is 12.6. The fourth-order valence-electron chi connectivity index (χ4n) is 1.10. The van der Waals surface area contributed by atoms with E-state index in [9.17, 15) is 0 Å². The summed E-state index contributed by atoms with van der Waals surface area (Å²) < 4.78 is 0. The number of allylic oxidation sites excluding steroid dienone is 1. The van der Waals surface area contributed by atoms with Crippen LogP contribution in [0, 0.1) is 0 Å². The zero-order valence-corrected chi connectivity index (χ0v) is 9.41. The lowest BCUT2D eigenvalue weighted by Crippen LogP contribution is -2.31. The predicted octanol–water partition coefficient (Wildman–Crippen LogP) is 2.99. The summed E-state index contributed by atoms with van der Waals surface area (Å²) in [6, 6.07) is 0. The first-order valence-electron chi connectivity index (χ1n) is 4.85. The normalized spacial score (nSPS) is 16.4. The maximum Gasteiger partial charge on any atom is 0.0266 e. The number of thioether (sulfide) groups is 1. The molecule has 72 valence electrons. The molecule has 0 aliphatic carbocycles. The van der Waals surface area contributed by atoms with Crippen molar-refractivity contribution < 1.29 is 0 Å². The van der Waals surface area contributed by atoms with Gasteiger partial charge in [0.05, 0.1) is 0 Å². The van der Waals surface area contributed by atoms with Gasteiger partial charge in [-0.1, -0.05) is 27.4 Å². The molecule has 0 saturated carbocycles. The van der Waals surface area contributed by atoms with Crippen LogP contribution in [0.5, 0.6) is 0 Å². The SMILES string of the molecule is C=C(CC)N1CCSCC1.CC. The summed E-state index contributed by atoms with van der Waals surface area (Å²) >= 11 is 2.04. The summed E-state index contributed by atoms with van der Waals surface area (Å²) in [5.74, 6) is 2.55. The molecule has 1 heterocycles. The number of rotatable bonds is 2. The molecular weight excluding hydrogens is 166 g/mol. The first-order chi connectivity index (χ1) is 5.84. The molecule has 0 N–H and O–H groups in total. The van der Waals surface area contributed by atoms with Gasteiger partial charge in [0, 0.05) is 30.3 Å². The molecule has 0 radical (unpaired) electrons. The molecule has 1 aliphatic heterocycles. The second-order valence-corrected chi connectivity index (χ2v) is 3.74. The second-order valence-electron chi connectivity index (χ2n) is 2.52. The van der Waals surface area contributed by atoms with Gasteiger partial charge in [0.1, 0.15) is 0 Å². The third-order valence-electron chi connectivity index (χ3n) is 1.87. The first-order valence-corrected chi connectivity index (χ1v) is 6.00. The summed E-state index contributed by atoms with van der Waals surface area (Å²) in [4.78, 5) is 2.40. The van der Waals surface area contributed by atoms with Gasteiger partial charge in [0.15, 0.2) is 0 Å². The van der Waals surface area contributed by atoms with Gasteiger partial charge >= 0.3 is 0 Å². The summed E-state index contributed by atoms with van der Waals surface area (Å²) in [5.41, 5.74) is 1.31. The molecule has 1 aliphatic rings. The number of hydrogen-bond acceptors (Lipinski definition) is 2. The Kier molecular flexibility index (Phi) is 7.47. The van der Waals surface area contributed by atoms with E-state index in [-0.39, 0.29) is 0 Å². The average Bonchev–Trinajstić information content (AvgIpc) is 2.21. The van der Waals surface area contributed by atoms with E-state index in [0.29, 0.717) is 0 Å². The zero-order valence-electron chi connectivity index (χ0n) is 8.60. The van der Waals surface area contributed by atoms with Gasteiger partial charge in [-0.2, -0.15) is 11.8 Å². The molecule has 0 atom stereocenters. The van der Waals surface area contributed by atoms with Crippen molar-refractivity contribution in [2.24, 2.45) is 0 Å². The quantitative estimate of drug-likeness (QED) is 0.654. The highest BCUT2D eigenvalue weighted by Crippen LogP contribution is 2.14. The summed E-state index contributed by atoms with van der Waals surface area (Å²) in [7, 11) is 0. The molecule has 0 spiro atoms. The Morgan fingerprint density at radius 2 is 1.83 bits per heavy atom. The van der Waals surface area contributed by atoms with E-state index >= 15 is 0 Å². The van der Waals surface area contributed by atoms with Crippen molar-refractivity contribution in [3.63, 3.8) is 0 Å². The van der Waals surface area contributed by atoms with E-state index in [4.69, 9.17) is 0 Å². The van der Waals surface area contributed by atoms with Gasteiger partial charge < -0.3 is 4.90 Å². The van der Waals surface area contributed by atoms with Gasteiger partial charge in [-0.25, -0.2) is 0 Å². The molecule has 0 amide bonds. The predicted molar refractivity (Wildman–Crippen MR) is 59.7 cm³/mol. The van der Waals surface area contributed by atoms with E-state index in [1.54, 1.807) is 0 Å². The van der Waals surface area contributed by atoms with Crippen LogP contribution < -0.4 is 0 Å². The molecule has 1 saturated heterocycles. The minimum atomic E-state index is 1.10. The van der Waals surface area contributed by atoms with Crippen LogP contribution >= 0.6 is 11.8 Å². The standard InChI is InChI=1S/C8H15NS.C2H6/c1-3-8(2)9-4-6-10-7-5-9;1-2/h2-7H2,1H3;1-2H3. The Balaban J connectivity index is 0.000000561. The molecule has 1 nitrogen and oxygen atoms in total. The molecule has 1 fully saturated rings. The Bertz CT molecular complexity index is 117. The molecule has 0 unspecified atom stereocenters. The molecule has 0 aromatic carbocycles. The van der Waals surface area contributed by atoms with Crippen LogP contribution in [0.15, 0.2) is 12.3 Å². The van der Waals surface area contributed by atoms with Gasteiger partial charge in [-0.05, 0) is 6.42 Å². The maximum absolute atomic E-state index is 4.01. The van der Waals surface area contributed by atoms with Crippen LogP contribution in [0.4, 0.5) is 0 Å². The van der Waals surface area contributed by atoms with Crippen molar-refractivity contribution in [1.82, 2.24) is 4.90 Å². The summed E-state index contributed by atoms with van der Waals surface area (Å²) in [6.07, 6.45) is 1.10. The molecule has 2 heteroatoms. The van der Waals surface area contributed by atoms with E-state index in [0.717, 1.165) is 6.42 Å². The van der Waals surface area contributed by atoms with Gasteiger partial charge in [-0.3, -0.25) is 0 Å². The molecule has 1 rings (SSSR count). The lowest BCUT2D eigenvalue weighted by molar-refractivity contribution is 0.372. The first kappa shape index (κ1) is 11.9. The summed E-state index contributed by atoms with van der Waals surface area (Å²) in [5, 5.41) is 0. The Hall–Kier alpha value is -0.110. The molecule has 0 bridgehead atoms. The van der Waals surface area contributed by atoms with Crippen LogP contribution in [0.25, 0.3) is 0 Å². The Morgan fingerprint density at radius 3 is 2.25 bits per heavy atom. The molecule has 12 heavy (non-hydrogen) atoms. The van der Waals surface area contributed by atoms with Crippen molar-refractivity contribution >= 4 is 11.8 Å². The molecule has 0 aromatic rings. The lowest BCUT2D eigenvalue weighted by Gasteiger charge is -2.29. The number of hydrogen-bond donors (Lipinski definition) is 0. The highest BCUT2D eigenvalue weighted by atomic mass is 32.2. The Morgan fingerprint density at radius 1 is 1.33 bits per heavy atom. The Labute approximate surface area is 81.2 Å². The fourth-order valence-corrected chi connectivity index (χ4v) is 2.01. The fraction of sp³-hybridized carbons (Fsp3) is 0.800. The van der Waals surface area contributed by atoms with E-state index in [1.165, 1.54) is 30.3 Å². The van der Waals surface area contributed by atoms with Crippen LogP contribution in [-0.2, 0) is 0 Å². The van der Waals surface area contributed by atoms with Crippen molar-refractivity contribution in [3.8, 4) is 0 Å². The van der Waals surface area contributed by atoms with Crippen LogP contribution in [-0.4, -0.2) is 29.5 Å². The zero-order chi connectivity index (χ0) is 9.40. The third kappa shape index (κ3) is 4.05. The topological polar surface area (TPSA) is 3.24 Å². The van der Waals surface area contributed by atoms with Crippen molar-refractivity contribution in [2.75, 3.05) is 24.6 Å². The van der Waals surface area contributed by atoms with Gasteiger partial charge in [-0.15, -0.1) is 0 Å².